The van der Waals surface area contributed by atoms with E-state index >= 15 is 0 Å². The lowest BCUT2D eigenvalue weighted by atomic mass is 9.97. The van der Waals surface area contributed by atoms with Crippen molar-refractivity contribution in [3.63, 3.8) is 0 Å². The zero-order chi connectivity index (χ0) is 12.2. The molecule has 0 unspecified atom stereocenters. The Labute approximate surface area is 98.5 Å². The second kappa shape index (κ2) is 5.48. The number of aliphatic hydroxyl groups is 1. The molecule has 0 amide bonds. The normalized spacial score (nSPS) is 12.1. The molecule has 0 aliphatic carbocycles. The van der Waals surface area contributed by atoms with Crippen molar-refractivity contribution in [3.05, 3.63) is 17.5 Å². The zero-order valence-electron chi connectivity index (χ0n) is 11.0. The van der Waals surface area contributed by atoms with Crippen molar-refractivity contribution in [2.24, 2.45) is 0 Å². The quantitative estimate of drug-likeness (QED) is 0.806. The van der Waals surface area contributed by atoms with Gasteiger partial charge in [0.1, 0.15) is 0 Å². The lowest BCUT2D eigenvalue weighted by molar-refractivity contribution is 0.0111. The average molecular weight is 224 g/mol. The SMILES string of the molecule is CCc1cc(CC)n(CC(O)(CC)CC)n1. The highest BCUT2D eigenvalue weighted by Crippen LogP contribution is 2.19. The molecule has 16 heavy (non-hydrogen) atoms. The second-order valence-corrected chi connectivity index (χ2v) is 4.42. The number of aromatic nitrogens is 2. The molecule has 3 nitrogen and oxygen atoms in total. The van der Waals surface area contributed by atoms with Crippen molar-refractivity contribution in [1.29, 1.82) is 0 Å². The summed E-state index contributed by atoms with van der Waals surface area (Å²) >= 11 is 0. The highest BCUT2D eigenvalue weighted by molar-refractivity contribution is 5.10. The predicted molar refractivity (Wildman–Crippen MR) is 66.5 cm³/mol. The molecule has 1 aromatic rings. The number of hydrogen-bond donors (Lipinski definition) is 1. The molecule has 0 saturated carbocycles. The Hall–Kier alpha value is -0.830. The van der Waals surface area contributed by atoms with Crippen LogP contribution in [-0.2, 0) is 19.4 Å². The molecule has 0 bridgehead atoms. The summed E-state index contributed by atoms with van der Waals surface area (Å²) in [7, 11) is 0. The van der Waals surface area contributed by atoms with Crippen molar-refractivity contribution in [1.82, 2.24) is 9.78 Å². The van der Waals surface area contributed by atoms with Crippen molar-refractivity contribution < 1.29 is 5.11 Å². The lowest BCUT2D eigenvalue weighted by Crippen LogP contribution is -2.33. The molecule has 0 aliphatic rings. The van der Waals surface area contributed by atoms with Gasteiger partial charge in [0.15, 0.2) is 0 Å². The van der Waals surface area contributed by atoms with Gasteiger partial charge < -0.3 is 5.11 Å². The fraction of sp³-hybridized carbons (Fsp3) is 0.769. The maximum Gasteiger partial charge on any atom is 0.0837 e. The van der Waals surface area contributed by atoms with Crippen molar-refractivity contribution in [2.75, 3.05) is 0 Å². The number of nitrogens with zero attached hydrogens (tertiary/aromatic N) is 2. The summed E-state index contributed by atoms with van der Waals surface area (Å²) in [6, 6.07) is 2.14. The van der Waals surface area contributed by atoms with E-state index in [1.165, 1.54) is 5.69 Å². The largest absolute Gasteiger partial charge is 0.388 e. The summed E-state index contributed by atoms with van der Waals surface area (Å²) in [5.74, 6) is 0. The maximum atomic E-state index is 10.3. The third kappa shape index (κ3) is 2.85. The molecule has 0 radical (unpaired) electrons. The summed E-state index contributed by atoms with van der Waals surface area (Å²) in [6.45, 7) is 8.91. The van der Waals surface area contributed by atoms with Crippen LogP contribution in [0.1, 0.15) is 51.9 Å². The van der Waals surface area contributed by atoms with Crippen LogP contribution < -0.4 is 0 Å². The Morgan fingerprint density at radius 2 is 1.81 bits per heavy atom. The number of hydrogen-bond acceptors (Lipinski definition) is 2. The molecule has 0 fully saturated rings. The van der Waals surface area contributed by atoms with Gasteiger partial charge in [0.2, 0.25) is 0 Å². The molecule has 1 rings (SSSR count). The smallest absolute Gasteiger partial charge is 0.0837 e. The van der Waals surface area contributed by atoms with E-state index in [-0.39, 0.29) is 0 Å². The minimum Gasteiger partial charge on any atom is -0.388 e. The molecule has 0 spiro atoms. The van der Waals surface area contributed by atoms with Crippen molar-refractivity contribution in [2.45, 2.75) is 65.5 Å². The first kappa shape index (κ1) is 13.2. The Balaban J connectivity index is 2.90. The molecule has 1 N–H and O–H groups in total. The van der Waals surface area contributed by atoms with Gasteiger partial charge in [-0.15, -0.1) is 0 Å². The first-order chi connectivity index (χ1) is 7.58. The number of aryl methyl sites for hydroxylation is 2. The molecular weight excluding hydrogens is 200 g/mol. The van der Waals surface area contributed by atoms with Crippen LogP contribution in [0.3, 0.4) is 0 Å². The van der Waals surface area contributed by atoms with Gasteiger partial charge in [-0.2, -0.15) is 5.10 Å². The minimum atomic E-state index is -0.610. The summed E-state index contributed by atoms with van der Waals surface area (Å²) in [5, 5.41) is 14.9. The van der Waals surface area contributed by atoms with Gasteiger partial charge in [0.25, 0.3) is 0 Å². The van der Waals surface area contributed by atoms with Crippen molar-refractivity contribution >= 4 is 0 Å². The van der Waals surface area contributed by atoms with Gasteiger partial charge in [-0.1, -0.05) is 27.7 Å². The van der Waals surface area contributed by atoms with Crippen LogP contribution in [-0.4, -0.2) is 20.5 Å². The van der Waals surface area contributed by atoms with E-state index in [0.717, 1.165) is 31.4 Å². The van der Waals surface area contributed by atoms with Crippen LogP contribution in [0.25, 0.3) is 0 Å². The highest BCUT2D eigenvalue weighted by Gasteiger charge is 2.24. The Bertz CT molecular complexity index is 327. The van der Waals surface area contributed by atoms with Crippen LogP contribution in [0, 0.1) is 0 Å². The van der Waals surface area contributed by atoms with Gasteiger partial charge in [-0.3, -0.25) is 4.68 Å². The van der Waals surface area contributed by atoms with E-state index in [2.05, 4.69) is 25.0 Å². The van der Waals surface area contributed by atoms with Gasteiger partial charge in [0.05, 0.1) is 17.8 Å². The summed E-state index contributed by atoms with van der Waals surface area (Å²) in [4.78, 5) is 0. The summed E-state index contributed by atoms with van der Waals surface area (Å²) in [6.07, 6.45) is 3.47. The van der Waals surface area contributed by atoms with Crippen LogP contribution in [0.5, 0.6) is 0 Å². The number of rotatable bonds is 6. The monoisotopic (exact) mass is 224 g/mol. The molecular formula is C13H24N2O. The van der Waals surface area contributed by atoms with E-state index in [9.17, 15) is 5.11 Å². The second-order valence-electron chi connectivity index (χ2n) is 4.42. The van der Waals surface area contributed by atoms with Crippen LogP contribution in [0.4, 0.5) is 0 Å². The van der Waals surface area contributed by atoms with Gasteiger partial charge in [-0.05, 0) is 31.7 Å². The van der Waals surface area contributed by atoms with E-state index in [1.807, 2.05) is 18.5 Å². The standard InChI is InChI=1S/C13H24N2O/c1-5-11-9-12(6-2)15(14-11)10-13(16,7-3)8-4/h9,16H,5-8,10H2,1-4H3. The molecule has 0 aromatic carbocycles. The van der Waals surface area contributed by atoms with Crippen LogP contribution >= 0.6 is 0 Å². The molecule has 1 heterocycles. The third-order valence-corrected chi connectivity index (χ3v) is 3.40. The summed E-state index contributed by atoms with van der Waals surface area (Å²) < 4.78 is 1.98. The molecule has 92 valence electrons. The first-order valence-corrected chi connectivity index (χ1v) is 6.36. The topological polar surface area (TPSA) is 38.0 Å². The van der Waals surface area contributed by atoms with Gasteiger partial charge >= 0.3 is 0 Å². The first-order valence-electron chi connectivity index (χ1n) is 6.36. The molecule has 3 heteroatoms. The lowest BCUT2D eigenvalue weighted by Gasteiger charge is -2.25. The summed E-state index contributed by atoms with van der Waals surface area (Å²) in [5.41, 5.74) is 1.73. The van der Waals surface area contributed by atoms with Crippen molar-refractivity contribution in [3.8, 4) is 0 Å². The third-order valence-electron chi connectivity index (χ3n) is 3.40. The minimum absolute atomic E-state index is 0.610. The van der Waals surface area contributed by atoms with E-state index < -0.39 is 5.60 Å². The van der Waals surface area contributed by atoms with Crippen LogP contribution in [0.2, 0.25) is 0 Å². The fourth-order valence-corrected chi connectivity index (χ4v) is 1.86. The fourth-order valence-electron chi connectivity index (χ4n) is 1.86. The van der Waals surface area contributed by atoms with Crippen LogP contribution in [0.15, 0.2) is 6.07 Å². The van der Waals surface area contributed by atoms with E-state index in [4.69, 9.17) is 0 Å². The molecule has 0 atom stereocenters. The molecule has 0 saturated heterocycles. The van der Waals surface area contributed by atoms with E-state index in [0.29, 0.717) is 6.54 Å². The van der Waals surface area contributed by atoms with Gasteiger partial charge in [-0.25, -0.2) is 0 Å². The molecule has 1 aromatic heterocycles. The van der Waals surface area contributed by atoms with Gasteiger partial charge in [0, 0.05) is 5.69 Å². The Morgan fingerprint density at radius 3 is 2.25 bits per heavy atom. The average Bonchev–Trinajstić information content (AvgIpc) is 2.71. The predicted octanol–water partition coefficient (Wildman–Crippen LogP) is 2.56. The molecule has 0 aliphatic heterocycles. The Kier molecular flexibility index (Phi) is 4.54. The highest BCUT2D eigenvalue weighted by atomic mass is 16.3. The Morgan fingerprint density at radius 1 is 1.19 bits per heavy atom. The maximum absolute atomic E-state index is 10.3. The van der Waals surface area contributed by atoms with E-state index in [1.54, 1.807) is 0 Å². The zero-order valence-corrected chi connectivity index (χ0v) is 11.0.